The molecule has 0 spiro atoms. The van der Waals surface area contributed by atoms with Crippen molar-refractivity contribution in [3.63, 3.8) is 0 Å². The average Bonchev–Trinajstić information content (AvgIpc) is 2.84. The standard InChI is InChI=1S/C12H19F3O3/c1-4-11(9(16)17-5-2)10(3,18-11)7-6-8-12(13,14)15/h4-8H2,1-3H3. The predicted octanol–water partition coefficient (Wildman–Crippen LogP) is 3.22. The molecule has 0 aromatic heterocycles. The first kappa shape index (κ1) is 15.3. The summed E-state index contributed by atoms with van der Waals surface area (Å²) < 4.78 is 46.6. The van der Waals surface area contributed by atoms with Gasteiger partial charge in [-0.15, -0.1) is 0 Å². The zero-order valence-corrected chi connectivity index (χ0v) is 10.9. The first-order chi connectivity index (χ1) is 8.21. The molecule has 0 aromatic carbocycles. The molecule has 1 aliphatic heterocycles. The number of esters is 1. The highest BCUT2D eigenvalue weighted by molar-refractivity contribution is 5.84. The Kier molecular flexibility index (Phi) is 4.30. The van der Waals surface area contributed by atoms with Gasteiger partial charge in [-0.1, -0.05) is 6.92 Å². The molecule has 0 amide bonds. The van der Waals surface area contributed by atoms with E-state index < -0.39 is 29.8 Å². The van der Waals surface area contributed by atoms with Gasteiger partial charge in [-0.05, 0) is 33.1 Å². The third kappa shape index (κ3) is 2.96. The van der Waals surface area contributed by atoms with Crippen molar-refractivity contribution in [3.05, 3.63) is 0 Å². The smallest absolute Gasteiger partial charge is 0.389 e. The van der Waals surface area contributed by atoms with E-state index in [-0.39, 0.29) is 19.4 Å². The van der Waals surface area contributed by atoms with E-state index in [0.29, 0.717) is 6.42 Å². The third-order valence-corrected chi connectivity index (χ3v) is 3.43. The van der Waals surface area contributed by atoms with Crippen LogP contribution < -0.4 is 0 Å². The van der Waals surface area contributed by atoms with E-state index in [4.69, 9.17) is 9.47 Å². The Balaban J connectivity index is 2.54. The summed E-state index contributed by atoms with van der Waals surface area (Å²) in [5, 5.41) is 0. The SMILES string of the molecule is CCOC(=O)C1(CC)OC1(C)CCCC(F)(F)F. The van der Waals surface area contributed by atoms with E-state index in [9.17, 15) is 18.0 Å². The van der Waals surface area contributed by atoms with Crippen LogP contribution in [0.15, 0.2) is 0 Å². The molecule has 3 nitrogen and oxygen atoms in total. The number of halogens is 3. The second kappa shape index (κ2) is 5.07. The number of carbonyl (C=O) groups excluding carboxylic acids is 1. The molecule has 6 heteroatoms. The maximum absolute atomic E-state index is 12.1. The first-order valence-corrected chi connectivity index (χ1v) is 6.15. The average molecular weight is 268 g/mol. The molecule has 0 bridgehead atoms. The predicted molar refractivity (Wildman–Crippen MR) is 59.1 cm³/mol. The Morgan fingerprint density at radius 2 is 1.94 bits per heavy atom. The van der Waals surface area contributed by atoms with Gasteiger partial charge in [0.05, 0.1) is 6.61 Å². The lowest BCUT2D eigenvalue weighted by Gasteiger charge is -2.14. The molecule has 2 unspecified atom stereocenters. The summed E-state index contributed by atoms with van der Waals surface area (Å²) in [6, 6.07) is 0. The minimum absolute atomic E-state index is 0.0405. The Labute approximate surface area is 105 Å². The number of rotatable bonds is 6. The van der Waals surface area contributed by atoms with Crippen molar-refractivity contribution in [3.8, 4) is 0 Å². The van der Waals surface area contributed by atoms with Crippen LogP contribution in [0.3, 0.4) is 0 Å². The van der Waals surface area contributed by atoms with Crippen molar-refractivity contribution in [2.75, 3.05) is 6.61 Å². The van der Waals surface area contributed by atoms with Gasteiger partial charge in [0, 0.05) is 6.42 Å². The number of hydrogen-bond donors (Lipinski definition) is 0. The zero-order chi connectivity index (χ0) is 14.0. The maximum atomic E-state index is 12.1. The molecule has 106 valence electrons. The van der Waals surface area contributed by atoms with Gasteiger partial charge < -0.3 is 9.47 Å². The van der Waals surface area contributed by atoms with Gasteiger partial charge in [0.15, 0.2) is 5.60 Å². The molecule has 18 heavy (non-hydrogen) atoms. The van der Waals surface area contributed by atoms with Gasteiger partial charge in [0.2, 0.25) is 0 Å². The van der Waals surface area contributed by atoms with E-state index >= 15 is 0 Å². The first-order valence-electron chi connectivity index (χ1n) is 6.15. The summed E-state index contributed by atoms with van der Waals surface area (Å²) in [7, 11) is 0. The fraction of sp³-hybridized carbons (Fsp3) is 0.917. The lowest BCUT2D eigenvalue weighted by Crippen LogP contribution is -2.34. The highest BCUT2D eigenvalue weighted by Gasteiger charge is 2.71. The van der Waals surface area contributed by atoms with E-state index in [2.05, 4.69) is 0 Å². The normalized spacial score (nSPS) is 31.2. The summed E-state index contributed by atoms with van der Waals surface area (Å²) in [5.74, 6) is -0.470. The Bertz CT molecular complexity index is 316. The van der Waals surface area contributed by atoms with E-state index in [1.54, 1.807) is 20.8 Å². The van der Waals surface area contributed by atoms with Crippen LogP contribution in [0.25, 0.3) is 0 Å². The van der Waals surface area contributed by atoms with Crippen molar-refractivity contribution in [2.24, 2.45) is 0 Å². The topological polar surface area (TPSA) is 38.8 Å². The van der Waals surface area contributed by atoms with Crippen LogP contribution in [0.5, 0.6) is 0 Å². The number of carbonyl (C=O) groups is 1. The minimum Gasteiger partial charge on any atom is -0.464 e. The van der Waals surface area contributed by atoms with Gasteiger partial charge in [0.1, 0.15) is 5.60 Å². The number of ether oxygens (including phenoxy) is 2. The van der Waals surface area contributed by atoms with Crippen LogP contribution in [0.4, 0.5) is 13.2 Å². The maximum Gasteiger partial charge on any atom is 0.389 e. The molecule has 0 aromatic rings. The fourth-order valence-corrected chi connectivity index (χ4v) is 2.33. The van der Waals surface area contributed by atoms with Crippen LogP contribution in [-0.4, -0.2) is 30.0 Å². The monoisotopic (exact) mass is 268 g/mol. The van der Waals surface area contributed by atoms with Crippen molar-refractivity contribution >= 4 is 5.97 Å². The van der Waals surface area contributed by atoms with Crippen LogP contribution in [-0.2, 0) is 14.3 Å². The van der Waals surface area contributed by atoms with E-state index in [0.717, 1.165) is 0 Å². The molecule has 0 saturated carbocycles. The fourth-order valence-electron chi connectivity index (χ4n) is 2.33. The van der Waals surface area contributed by atoms with Crippen molar-refractivity contribution in [1.29, 1.82) is 0 Å². The summed E-state index contributed by atoms with van der Waals surface area (Å²) in [4.78, 5) is 11.8. The van der Waals surface area contributed by atoms with Gasteiger partial charge in [-0.2, -0.15) is 13.2 Å². The van der Waals surface area contributed by atoms with E-state index in [1.165, 1.54) is 0 Å². The molecule has 0 radical (unpaired) electrons. The van der Waals surface area contributed by atoms with Crippen molar-refractivity contribution < 1.29 is 27.4 Å². The summed E-state index contributed by atoms with van der Waals surface area (Å²) in [5.41, 5.74) is -1.87. The third-order valence-electron chi connectivity index (χ3n) is 3.43. The Morgan fingerprint density at radius 1 is 1.33 bits per heavy atom. The Hall–Kier alpha value is -0.780. The van der Waals surface area contributed by atoms with Crippen LogP contribution in [0, 0.1) is 0 Å². The highest BCUT2D eigenvalue weighted by Crippen LogP contribution is 2.54. The molecular formula is C12H19F3O3. The number of epoxide rings is 1. The quantitative estimate of drug-likeness (QED) is 0.548. The minimum atomic E-state index is -4.16. The van der Waals surface area contributed by atoms with Gasteiger partial charge in [0.25, 0.3) is 0 Å². The zero-order valence-electron chi connectivity index (χ0n) is 10.9. The van der Waals surface area contributed by atoms with Crippen molar-refractivity contribution in [1.82, 2.24) is 0 Å². The molecular weight excluding hydrogens is 249 g/mol. The second-order valence-corrected chi connectivity index (χ2v) is 4.70. The van der Waals surface area contributed by atoms with Crippen LogP contribution >= 0.6 is 0 Å². The summed E-state index contributed by atoms with van der Waals surface area (Å²) >= 11 is 0. The molecule has 1 fully saturated rings. The van der Waals surface area contributed by atoms with Gasteiger partial charge in [-0.3, -0.25) is 0 Å². The Morgan fingerprint density at radius 3 is 2.39 bits per heavy atom. The second-order valence-electron chi connectivity index (χ2n) is 4.70. The molecule has 1 saturated heterocycles. The van der Waals surface area contributed by atoms with Gasteiger partial charge >= 0.3 is 12.1 Å². The molecule has 1 heterocycles. The molecule has 1 rings (SSSR count). The van der Waals surface area contributed by atoms with E-state index in [1.807, 2.05) is 0 Å². The molecule has 1 aliphatic rings. The molecule has 0 aliphatic carbocycles. The van der Waals surface area contributed by atoms with Crippen LogP contribution in [0.2, 0.25) is 0 Å². The molecule has 2 atom stereocenters. The number of hydrogen-bond acceptors (Lipinski definition) is 3. The lowest BCUT2D eigenvalue weighted by molar-refractivity contribution is -0.149. The van der Waals surface area contributed by atoms with Crippen molar-refractivity contribution in [2.45, 2.75) is 63.8 Å². The van der Waals surface area contributed by atoms with Crippen LogP contribution in [0.1, 0.15) is 46.5 Å². The lowest BCUT2D eigenvalue weighted by atomic mass is 9.87. The summed E-state index contributed by atoms with van der Waals surface area (Å²) in [6.07, 6.45) is -4.44. The summed E-state index contributed by atoms with van der Waals surface area (Å²) in [6.45, 7) is 5.36. The highest BCUT2D eigenvalue weighted by atomic mass is 19.4. The molecule has 0 N–H and O–H groups in total. The van der Waals surface area contributed by atoms with Gasteiger partial charge in [-0.25, -0.2) is 4.79 Å². The largest absolute Gasteiger partial charge is 0.464 e. The number of alkyl halides is 3.